The highest BCUT2D eigenvalue weighted by atomic mass is 127. The van der Waals surface area contributed by atoms with Gasteiger partial charge in [-0.3, -0.25) is 0 Å². The molecule has 49 heavy (non-hydrogen) atoms. The number of anilines is 4. The standard InChI is InChI=1S/C34H36FIN8O3S2/c1-22-20-29(40-41-31(22)39-33-37-25-11-5-6-12-27(25)48-33)44(18-9-16-42(2)3)34-38-30(32(45)46)28(49-34)13-8-19-47-26-15-14-23(21-24(26)35)10-7-17-43(4)36/h5-6,11-12,14-15,20-21H,8-9,13,16-19H2,1-4H3,(H,45,46)(H,37,39,41). The molecule has 0 aliphatic rings. The van der Waals surface area contributed by atoms with Gasteiger partial charge < -0.3 is 25.0 Å². The molecule has 0 spiro atoms. The number of thiazole rings is 2. The molecule has 0 saturated heterocycles. The second kappa shape index (κ2) is 17.1. The molecule has 0 fully saturated rings. The third-order valence-corrected chi connectivity index (χ3v) is 9.57. The average molecular weight is 815 g/mol. The molecule has 0 aliphatic heterocycles. The molecular weight excluding hydrogens is 778 g/mol. The third kappa shape index (κ3) is 10.0. The Labute approximate surface area is 306 Å². The lowest BCUT2D eigenvalue weighted by Crippen LogP contribution is -2.24. The predicted octanol–water partition coefficient (Wildman–Crippen LogP) is 7.17. The molecule has 2 N–H and O–H groups in total. The number of aromatic nitrogens is 4. The van der Waals surface area contributed by atoms with E-state index in [1.807, 2.05) is 66.4 Å². The first-order chi connectivity index (χ1) is 23.6. The van der Waals surface area contributed by atoms with E-state index in [9.17, 15) is 14.3 Å². The molecule has 0 bridgehead atoms. The summed E-state index contributed by atoms with van der Waals surface area (Å²) in [6.45, 7) is 4.08. The minimum absolute atomic E-state index is 0.0114. The first kappa shape index (κ1) is 36.3. The van der Waals surface area contributed by atoms with Crippen molar-refractivity contribution < 1.29 is 19.0 Å². The number of carbonyl (C=O) groups is 1. The van der Waals surface area contributed by atoms with E-state index in [2.05, 4.69) is 65.1 Å². The number of halogens is 2. The SMILES string of the molecule is Cc1cc(N(CCCN(C)C)c2nc(C(=O)O)c(CCCOc3ccc(C#CCN(C)I)cc3F)s2)nnc1Nc1nc2ccccc2s1. The Hall–Kier alpha value is -3.95. The van der Waals surface area contributed by atoms with Gasteiger partial charge in [-0.25, -0.2) is 22.3 Å². The van der Waals surface area contributed by atoms with Crippen molar-refractivity contribution in [3.05, 3.63) is 76.0 Å². The zero-order chi connectivity index (χ0) is 34.9. The molecule has 0 amide bonds. The van der Waals surface area contributed by atoms with Crippen molar-refractivity contribution in [2.75, 3.05) is 57.6 Å². The van der Waals surface area contributed by atoms with Gasteiger partial charge in [0.05, 0.1) is 23.4 Å². The number of aryl methyl sites for hydroxylation is 2. The van der Waals surface area contributed by atoms with E-state index in [0.29, 0.717) is 53.1 Å². The topological polar surface area (TPSA) is 120 Å². The van der Waals surface area contributed by atoms with Gasteiger partial charge in [0.15, 0.2) is 39.2 Å². The van der Waals surface area contributed by atoms with Crippen LogP contribution in [-0.2, 0) is 6.42 Å². The first-order valence-electron chi connectivity index (χ1n) is 15.5. The fourth-order valence-corrected chi connectivity index (χ4v) is 6.92. The Balaban J connectivity index is 1.29. The normalized spacial score (nSPS) is 11.2. The number of fused-ring (bicyclic) bond motifs is 1. The number of benzene rings is 2. The molecule has 0 saturated carbocycles. The van der Waals surface area contributed by atoms with Gasteiger partial charge in [-0.1, -0.05) is 35.3 Å². The summed E-state index contributed by atoms with van der Waals surface area (Å²) in [5.74, 6) is 5.59. The van der Waals surface area contributed by atoms with Crippen LogP contribution in [0.15, 0.2) is 48.5 Å². The summed E-state index contributed by atoms with van der Waals surface area (Å²) in [6, 6.07) is 14.5. The summed E-state index contributed by atoms with van der Waals surface area (Å²) >= 11 is 4.98. The molecule has 11 nitrogen and oxygen atoms in total. The maximum absolute atomic E-state index is 14.7. The van der Waals surface area contributed by atoms with E-state index in [1.54, 1.807) is 12.1 Å². The maximum atomic E-state index is 14.7. The Morgan fingerprint density at radius 1 is 1.06 bits per heavy atom. The summed E-state index contributed by atoms with van der Waals surface area (Å²) in [5, 5.41) is 23.6. The molecule has 5 rings (SSSR count). The van der Waals surface area contributed by atoms with Gasteiger partial charge in [0.2, 0.25) is 0 Å². The summed E-state index contributed by atoms with van der Waals surface area (Å²) in [6.07, 6.45) is 1.65. The van der Waals surface area contributed by atoms with Gasteiger partial charge in [0, 0.05) is 39.8 Å². The number of aromatic carboxylic acids is 1. The number of nitrogens with zero attached hydrogens (tertiary/aromatic N) is 7. The largest absolute Gasteiger partial charge is 0.491 e. The molecule has 0 radical (unpaired) electrons. The van der Waals surface area contributed by atoms with E-state index in [1.165, 1.54) is 28.7 Å². The molecule has 3 heterocycles. The zero-order valence-corrected chi connectivity index (χ0v) is 31.3. The summed E-state index contributed by atoms with van der Waals surface area (Å²) < 4.78 is 23.3. The average Bonchev–Trinajstić information content (AvgIpc) is 3.67. The Kier molecular flexibility index (Phi) is 12.7. The number of hydrogen-bond acceptors (Lipinski definition) is 12. The highest BCUT2D eigenvalue weighted by molar-refractivity contribution is 14.1. The van der Waals surface area contributed by atoms with Gasteiger partial charge >= 0.3 is 5.97 Å². The van der Waals surface area contributed by atoms with Gasteiger partial charge in [-0.2, -0.15) is 0 Å². The van der Waals surface area contributed by atoms with E-state index in [4.69, 9.17) is 4.74 Å². The van der Waals surface area contributed by atoms with Crippen LogP contribution in [0, 0.1) is 24.6 Å². The van der Waals surface area contributed by atoms with Crippen LogP contribution < -0.4 is 15.0 Å². The van der Waals surface area contributed by atoms with Crippen molar-refractivity contribution in [3.8, 4) is 17.6 Å². The lowest BCUT2D eigenvalue weighted by atomic mass is 10.2. The number of ether oxygens (including phenoxy) is 1. The van der Waals surface area contributed by atoms with Gasteiger partial charge in [-0.15, -0.1) is 21.5 Å². The smallest absolute Gasteiger partial charge is 0.355 e. The van der Waals surface area contributed by atoms with Crippen molar-refractivity contribution in [2.24, 2.45) is 0 Å². The second-order valence-electron chi connectivity index (χ2n) is 11.4. The zero-order valence-electron chi connectivity index (χ0n) is 27.5. The molecule has 0 aliphatic carbocycles. The number of carboxylic acid groups (broad SMARTS) is 1. The number of nitrogens with one attached hydrogen (secondary N) is 1. The van der Waals surface area contributed by atoms with Crippen LogP contribution in [0.5, 0.6) is 5.75 Å². The van der Waals surface area contributed by atoms with Crippen LogP contribution in [0.1, 0.15) is 39.3 Å². The van der Waals surface area contributed by atoms with Crippen LogP contribution in [-0.4, -0.2) is 86.6 Å². The van der Waals surface area contributed by atoms with Crippen LogP contribution in [0.25, 0.3) is 10.2 Å². The quantitative estimate of drug-likeness (QED) is 0.0485. The number of hydrogen-bond donors (Lipinski definition) is 2. The van der Waals surface area contributed by atoms with Crippen LogP contribution >= 0.6 is 45.5 Å². The van der Waals surface area contributed by atoms with E-state index in [0.717, 1.165) is 33.9 Å². The highest BCUT2D eigenvalue weighted by Gasteiger charge is 2.23. The van der Waals surface area contributed by atoms with E-state index >= 15 is 0 Å². The first-order valence-corrected chi connectivity index (χ1v) is 18.1. The summed E-state index contributed by atoms with van der Waals surface area (Å²) in [5.41, 5.74) is 2.32. The van der Waals surface area contributed by atoms with Crippen LogP contribution in [0.3, 0.4) is 0 Å². The highest BCUT2D eigenvalue weighted by Crippen LogP contribution is 2.34. The lowest BCUT2D eigenvalue weighted by Gasteiger charge is -2.22. The predicted molar refractivity (Wildman–Crippen MR) is 203 cm³/mol. The summed E-state index contributed by atoms with van der Waals surface area (Å²) in [4.78, 5) is 26.1. The molecule has 3 aromatic heterocycles. The van der Waals surface area contributed by atoms with Crippen molar-refractivity contribution in [3.63, 3.8) is 0 Å². The number of carboxylic acids is 1. The molecule has 0 atom stereocenters. The Bertz CT molecular complexity index is 1940. The van der Waals surface area contributed by atoms with Gasteiger partial charge in [0.25, 0.3) is 0 Å². The molecule has 2 aromatic carbocycles. The van der Waals surface area contributed by atoms with Crippen molar-refractivity contribution in [1.82, 2.24) is 28.2 Å². The molecule has 0 unspecified atom stereocenters. The Morgan fingerprint density at radius 3 is 2.59 bits per heavy atom. The third-order valence-electron chi connectivity index (χ3n) is 7.14. The minimum atomic E-state index is -1.11. The van der Waals surface area contributed by atoms with Crippen molar-refractivity contribution >= 4 is 83.6 Å². The monoisotopic (exact) mass is 814 g/mol. The molecule has 15 heteroatoms. The van der Waals surface area contributed by atoms with Gasteiger partial charge in [-0.05, 0) is 95.8 Å². The van der Waals surface area contributed by atoms with Crippen LogP contribution in [0.4, 0.5) is 26.3 Å². The fourth-order valence-electron chi connectivity index (χ4n) is 4.76. The Morgan fingerprint density at radius 2 is 1.88 bits per heavy atom. The molecular formula is C34H36FIN8O3S2. The second-order valence-corrected chi connectivity index (χ2v) is 15.1. The van der Waals surface area contributed by atoms with E-state index < -0.39 is 11.8 Å². The number of para-hydroxylation sites is 1. The summed E-state index contributed by atoms with van der Waals surface area (Å²) in [7, 11) is 5.91. The fraction of sp³-hybridized carbons (Fsp3) is 0.324. The van der Waals surface area contributed by atoms with Gasteiger partial charge in [0.1, 0.15) is 0 Å². The molecule has 5 aromatic rings. The minimum Gasteiger partial charge on any atom is -0.491 e. The number of rotatable bonds is 15. The van der Waals surface area contributed by atoms with Crippen LogP contribution in [0.2, 0.25) is 0 Å². The molecule has 256 valence electrons. The van der Waals surface area contributed by atoms with Crippen molar-refractivity contribution in [2.45, 2.75) is 26.2 Å². The van der Waals surface area contributed by atoms with Crippen molar-refractivity contribution in [1.29, 1.82) is 0 Å². The lowest BCUT2D eigenvalue weighted by molar-refractivity contribution is 0.0690. The van der Waals surface area contributed by atoms with E-state index in [-0.39, 0.29) is 18.1 Å². The maximum Gasteiger partial charge on any atom is 0.355 e.